The number of benzene rings is 2. The van der Waals surface area contributed by atoms with Crippen molar-refractivity contribution >= 4 is 0 Å². The van der Waals surface area contributed by atoms with Gasteiger partial charge in [0, 0.05) is 29.4 Å². The normalized spacial score (nSPS) is 20.8. The number of methoxy groups -OCH3 is 1. The van der Waals surface area contributed by atoms with E-state index in [1.165, 1.54) is 47.9 Å². The van der Waals surface area contributed by atoms with E-state index in [1.54, 1.807) is 12.7 Å². The number of hydrogen-bond acceptors (Lipinski definition) is 2. The molecule has 2 aliphatic carbocycles. The second kappa shape index (κ2) is 16.4. The summed E-state index contributed by atoms with van der Waals surface area (Å²) < 4.78 is 28.2. The van der Waals surface area contributed by atoms with Gasteiger partial charge < -0.3 is 10.1 Å². The van der Waals surface area contributed by atoms with Crippen LogP contribution in [0.2, 0.25) is 0 Å². The predicted octanol–water partition coefficient (Wildman–Crippen LogP) is 6.31. The summed E-state index contributed by atoms with van der Waals surface area (Å²) >= 11 is 0. The molecule has 2 aromatic carbocycles. The van der Waals surface area contributed by atoms with Crippen molar-refractivity contribution in [1.29, 1.82) is 0 Å². The Labute approximate surface area is 220 Å². The maximum atomic E-state index is 7.50. The van der Waals surface area contributed by atoms with Gasteiger partial charge in [-0.3, -0.25) is 0 Å². The standard InChI is InChI=1S/C26H33NO.3CO.Cr/c1-18(2)14-21-11-10-20-12-13-26(3,27-17-19-8-6-5-7-9-19)24-16-22(28-4)15-23(21)25(20)24;3*1-2;/h5-9,15-16,20-21,27H,1,10-14,17H2,2-4H3;;;;/t20-,21+,26-;;;;/m0..../s1. The average molecular weight is 512 g/mol. The summed E-state index contributed by atoms with van der Waals surface area (Å²) in [5.74, 6) is 2.27. The quantitative estimate of drug-likeness (QED) is 0.280. The van der Waals surface area contributed by atoms with Crippen LogP contribution < -0.4 is 10.1 Å². The molecular weight excluding hydrogens is 478 g/mol. The Morgan fingerprint density at radius 3 is 2.26 bits per heavy atom. The first-order valence-corrected chi connectivity index (χ1v) is 11.3. The Morgan fingerprint density at radius 2 is 1.69 bits per heavy atom. The predicted molar refractivity (Wildman–Crippen MR) is 129 cm³/mol. The minimum atomic E-state index is -0.0178. The summed E-state index contributed by atoms with van der Waals surface area (Å²) in [5.41, 5.74) is 7.17. The smallest absolute Gasteiger partial charge is 0 e. The third-order valence-electron chi connectivity index (χ3n) is 6.84. The fourth-order valence-corrected chi connectivity index (χ4v) is 5.31. The van der Waals surface area contributed by atoms with Crippen LogP contribution in [0.3, 0.4) is 0 Å². The van der Waals surface area contributed by atoms with E-state index >= 15 is 0 Å². The minimum absolute atomic E-state index is 0. The van der Waals surface area contributed by atoms with Crippen LogP contribution in [-0.2, 0) is 43.4 Å². The molecule has 0 saturated carbocycles. The topological polar surface area (TPSA) is 81.0 Å². The molecule has 0 radical (unpaired) electrons. The molecule has 5 nitrogen and oxygen atoms in total. The molecule has 0 unspecified atom stereocenters. The van der Waals surface area contributed by atoms with Gasteiger partial charge in [0.05, 0.1) is 7.11 Å². The van der Waals surface area contributed by atoms with Crippen LogP contribution >= 0.6 is 0 Å². The number of allylic oxidation sites excluding steroid dienone is 1. The summed E-state index contributed by atoms with van der Waals surface area (Å²) in [4.78, 5) is 0. The Kier molecular flexibility index (Phi) is 15.3. The Balaban J connectivity index is 0.00000154. The monoisotopic (exact) mass is 511 g/mol. The summed E-state index contributed by atoms with van der Waals surface area (Å²) in [6, 6.07) is 15.3. The van der Waals surface area contributed by atoms with Crippen molar-refractivity contribution in [3.8, 4) is 5.75 Å². The van der Waals surface area contributed by atoms with Gasteiger partial charge in [0.15, 0.2) is 0 Å². The van der Waals surface area contributed by atoms with E-state index in [2.05, 4.69) is 88.2 Å². The maximum Gasteiger partial charge on any atom is 0 e. The van der Waals surface area contributed by atoms with Crippen molar-refractivity contribution in [1.82, 2.24) is 5.32 Å². The first-order chi connectivity index (χ1) is 16.5. The molecule has 0 saturated heterocycles. The molecule has 0 spiro atoms. The van der Waals surface area contributed by atoms with Crippen molar-refractivity contribution in [2.75, 3.05) is 7.11 Å². The first kappa shape index (κ1) is 32.7. The maximum absolute atomic E-state index is 7.50. The molecule has 3 atom stereocenters. The van der Waals surface area contributed by atoms with Gasteiger partial charge in [0.25, 0.3) is 0 Å². The SMILES string of the molecule is C=C(C)C[C@H]1CC[C@H]2CC[C@](C)(NCc3ccccc3)c3cc(OC)cc1c32.[C-]#[O+].[C-]#[O+].[C-]#[O+].[Cr]. The van der Waals surface area contributed by atoms with E-state index in [9.17, 15) is 0 Å². The summed E-state index contributed by atoms with van der Waals surface area (Å²) in [6.45, 7) is 23.1. The molecule has 35 heavy (non-hydrogen) atoms. The van der Waals surface area contributed by atoms with Crippen LogP contribution in [0.1, 0.15) is 80.0 Å². The van der Waals surface area contributed by atoms with Crippen LogP contribution in [0.4, 0.5) is 0 Å². The second-order valence-corrected chi connectivity index (χ2v) is 9.02. The number of ether oxygens (including phenoxy) is 1. The van der Waals surface area contributed by atoms with Gasteiger partial charge in [-0.15, -0.1) is 6.58 Å². The van der Waals surface area contributed by atoms with E-state index in [4.69, 9.17) is 18.7 Å². The van der Waals surface area contributed by atoms with Gasteiger partial charge in [0.1, 0.15) is 5.75 Å². The average Bonchev–Trinajstić information content (AvgIpc) is 2.90. The van der Waals surface area contributed by atoms with Gasteiger partial charge in [0.2, 0.25) is 0 Å². The van der Waals surface area contributed by atoms with Crippen molar-refractivity contribution in [3.05, 3.63) is 96.8 Å². The van der Waals surface area contributed by atoms with Crippen LogP contribution in [0.25, 0.3) is 0 Å². The molecule has 1 N–H and O–H groups in total. The van der Waals surface area contributed by atoms with E-state index in [0.29, 0.717) is 11.8 Å². The van der Waals surface area contributed by atoms with Crippen molar-refractivity contribution < 1.29 is 36.1 Å². The van der Waals surface area contributed by atoms with Crippen molar-refractivity contribution in [2.45, 2.75) is 69.9 Å². The molecule has 184 valence electrons. The first-order valence-electron chi connectivity index (χ1n) is 11.3. The van der Waals surface area contributed by atoms with Crippen LogP contribution in [0.15, 0.2) is 54.6 Å². The number of hydrogen-bond donors (Lipinski definition) is 1. The molecule has 2 aromatic rings. The van der Waals surface area contributed by atoms with Gasteiger partial charge in [-0.05, 0) is 92.2 Å². The zero-order valence-electron chi connectivity index (χ0n) is 20.7. The Hall–Kier alpha value is -2.31. The molecule has 4 rings (SSSR count). The molecule has 0 amide bonds. The fourth-order valence-electron chi connectivity index (χ4n) is 5.31. The van der Waals surface area contributed by atoms with Crippen LogP contribution in [0, 0.1) is 20.0 Å². The molecule has 2 aliphatic rings. The summed E-state index contributed by atoms with van der Waals surface area (Å²) in [7, 11) is 1.79. The molecular formula is C29H33CrNO4. The minimum Gasteiger partial charge on any atom is 0 e. The number of rotatable bonds is 6. The zero-order valence-corrected chi connectivity index (χ0v) is 22.0. The van der Waals surface area contributed by atoms with Gasteiger partial charge >= 0.3 is 33.9 Å². The van der Waals surface area contributed by atoms with Crippen LogP contribution in [-0.4, -0.2) is 7.11 Å². The van der Waals surface area contributed by atoms with E-state index in [0.717, 1.165) is 18.7 Å². The molecule has 0 aromatic heterocycles. The molecule has 0 aliphatic heterocycles. The molecule has 0 bridgehead atoms. The third kappa shape index (κ3) is 8.11. The molecule has 0 heterocycles. The zero-order chi connectivity index (χ0) is 25.7. The largest absolute Gasteiger partial charge is 0 e. The Bertz CT molecular complexity index is 985. The molecule has 0 fully saturated rings. The van der Waals surface area contributed by atoms with Crippen molar-refractivity contribution in [2.24, 2.45) is 0 Å². The molecule has 6 heteroatoms. The van der Waals surface area contributed by atoms with E-state index < -0.39 is 0 Å². The second-order valence-electron chi connectivity index (χ2n) is 9.02. The summed E-state index contributed by atoms with van der Waals surface area (Å²) in [5, 5.41) is 3.90. The van der Waals surface area contributed by atoms with Gasteiger partial charge in [-0.2, -0.15) is 0 Å². The van der Waals surface area contributed by atoms with E-state index in [1.807, 2.05) is 0 Å². The Morgan fingerprint density at radius 1 is 1.06 bits per heavy atom. The summed E-state index contributed by atoms with van der Waals surface area (Å²) in [6.07, 6.45) is 6.10. The van der Waals surface area contributed by atoms with Gasteiger partial charge in [-0.1, -0.05) is 35.9 Å². The van der Waals surface area contributed by atoms with E-state index in [-0.39, 0.29) is 22.9 Å². The van der Waals surface area contributed by atoms with Crippen LogP contribution in [0.5, 0.6) is 5.75 Å². The number of nitrogens with one attached hydrogen (secondary N) is 1. The van der Waals surface area contributed by atoms with Crippen molar-refractivity contribution in [3.63, 3.8) is 0 Å². The fraction of sp³-hybridized carbons (Fsp3) is 0.414. The third-order valence-corrected chi connectivity index (χ3v) is 6.84. The van der Waals surface area contributed by atoms with Gasteiger partial charge in [-0.25, -0.2) is 0 Å².